The van der Waals surface area contributed by atoms with Gasteiger partial charge in [0.05, 0.1) is 18.8 Å². The lowest BCUT2D eigenvalue weighted by atomic mass is 9.93. The maximum atomic E-state index is 11.3. The molecule has 136 valence electrons. The van der Waals surface area contributed by atoms with Crippen molar-refractivity contribution in [3.8, 4) is 0 Å². The predicted octanol–water partition coefficient (Wildman–Crippen LogP) is 2.22. The fourth-order valence-corrected chi connectivity index (χ4v) is 2.45. The van der Waals surface area contributed by atoms with E-state index < -0.39 is 5.60 Å². The molecular weight excluding hydrogens is 294 g/mol. The SMILES string of the molecule is CCCC(O)(CCC)CN=C(NCC)NCCCC(=O)OCC. The minimum atomic E-state index is -0.725. The van der Waals surface area contributed by atoms with Crippen LogP contribution in [-0.2, 0) is 9.53 Å². The Hall–Kier alpha value is -1.30. The van der Waals surface area contributed by atoms with Crippen LogP contribution in [0.25, 0.3) is 0 Å². The van der Waals surface area contributed by atoms with Gasteiger partial charge in [0, 0.05) is 19.5 Å². The molecule has 0 saturated heterocycles. The summed E-state index contributed by atoms with van der Waals surface area (Å²) in [5, 5.41) is 17.0. The van der Waals surface area contributed by atoms with Crippen molar-refractivity contribution < 1.29 is 14.6 Å². The Kier molecular flexibility index (Phi) is 12.4. The van der Waals surface area contributed by atoms with E-state index in [0.29, 0.717) is 38.5 Å². The normalized spacial score (nSPS) is 12.1. The lowest BCUT2D eigenvalue weighted by Crippen LogP contribution is -2.40. The fourth-order valence-electron chi connectivity index (χ4n) is 2.45. The maximum absolute atomic E-state index is 11.3. The van der Waals surface area contributed by atoms with Gasteiger partial charge in [0.2, 0.25) is 0 Å². The van der Waals surface area contributed by atoms with Crippen LogP contribution >= 0.6 is 0 Å². The van der Waals surface area contributed by atoms with E-state index in [1.165, 1.54) is 0 Å². The Morgan fingerprint density at radius 2 is 1.78 bits per heavy atom. The molecule has 0 aliphatic heterocycles. The first-order chi connectivity index (χ1) is 11.0. The number of aliphatic imine (C=N–C) groups is 1. The summed E-state index contributed by atoms with van der Waals surface area (Å²) in [6.45, 7) is 10.2. The average Bonchev–Trinajstić information content (AvgIpc) is 2.50. The summed E-state index contributed by atoms with van der Waals surface area (Å²) in [7, 11) is 0. The molecule has 0 aromatic rings. The van der Waals surface area contributed by atoms with Crippen molar-refractivity contribution in [1.82, 2.24) is 10.6 Å². The van der Waals surface area contributed by atoms with Gasteiger partial charge in [-0.2, -0.15) is 0 Å². The first kappa shape index (κ1) is 21.7. The van der Waals surface area contributed by atoms with E-state index in [1.54, 1.807) is 6.92 Å². The van der Waals surface area contributed by atoms with Gasteiger partial charge in [-0.05, 0) is 33.1 Å². The minimum absolute atomic E-state index is 0.170. The molecule has 0 spiro atoms. The highest BCUT2D eigenvalue weighted by Gasteiger charge is 2.24. The number of guanidine groups is 1. The molecule has 3 N–H and O–H groups in total. The van der Waals surface area contributed by atoms with E-state index in [2.05, 4.69) is 29.5 Å². The third kappa shape index (κ3) is 11.0. The van der Waals surface area contributed by atoms with E-state index in [0.717, 1.165) is 32.2 Å². The molecule has 0 aliphatic rings. The molecule has 0 aromatic heterocycles. The van der Waals surface area contributed by atoms with E-state index in [4.69, 9.17) is 4.74 Å². The number of ether oxygens (including phenoxy) is 1. The zero-order valence-electron chi connectivity index (χ0n) is 15.3. The largest absolute Gasteiger partial charge is 0.466 e. The first-order valence-corrected chi connectivity index (χ1v) is 8.91. The van der Waals surface area contributed by atoms with Crippen molar-refractivity contribution in [3.05, 3.63) is 0 Å². The van der Waals surface area contributed by atoms with Gasteiger partial charge in [0.15, 0.2) is 5.96 Å². The van der Waals surface area contributed by atoms with Crippen LogP contribution in [0.4, 0.5) is 0 Å². The number of hydrogen-bond donors (Lipinski definition) is 3. The summed E-state index contributed by atoms with van der Waals surface area (Å²) in [6.07, 6.45) is 4.48. The van der Waals surface area contributed by atoms with Crippen LogP contribution in [-0.4, -0.2) is 48.9 Å². The number of rotatable bonds is 12. The van der Waals surface area contributed by atoms with Crippen molar-refractivity contribution in [2.45, 2.75) is 71.8 Å². The smallest absolute Gasteiger partial charge is 0.305 e. The molecule has 0 heterocycles. The number of carbonyl (C=O) groups is 1. The molecule has 0 bridgehead atoms. The van der Waals surface area contributed by atoms with Gasteiger partial charge in [-0.1, -0.05) is 26.7 Å². The molecule has 0 saturated carbocycles. The van der Waals surface area contributed by atoms with Crippen LogP contribution < -0.4 is 10.6 Å². The second-order valence-corrected chi connectivity index (χ2v) is 5.75. The van der Waals surface area contributed by atoms with Gasteiger partial charge in [0.1, 0.15) is 0 Å². The van der Waals surface area contributed by atoms with Gasteiger partial charge < -0.3 is 20.5 Å². The highest BCUT2D eigenvalue weighted by atomic mass is 16.5. The Labute approximate surface area is 141 Å². The number of carbonyl (C=O) groups excluding carboxylic acids is 1. The van der Waals surface area contributed by atoms with E-state index in [1.807, 2.05) is 6.92 Å². The lowest BCUT2D eigenvalue weighted by molar-refractivity contribution is -0.143. The second-order valence-electron chi connectivity index (χ2n) is 5.75. The number of esters is 1. The molecule has 0 unspecified atom stereocenters. The summed E-state index contributed by atoms with van der Waals surface area (Å²) >= 11 is 0. The third-order valence-corrected chi connectivity index (χ3v) is 3.46. The number of nitrogens with one attached hydrogen (secondary N) is 2. The number of aliphatic hydroxyl groups is 1. The third-order valence-electron chi connectivity index (χ3n) is 3.46. The molecule has 0 radical (unpaired) electrons. The molecule has 23 heavy (non-hydrogen) atoms. The molecule has 0 amide bonds. The van der Waals surface area contributed by atoms with Gasteiger partial charge in [-0.15, -0.1) is 0 Å². The fraction of sp³-hybridized carbons (Fsp3) is 0.882. The molecule has 0 fully saturated rings. The quantitative estimate of drug-likeness (QED) is 0.221. The van der Waals surface area contributed by atoms with Crippen LogP contribution in [0.3, 0.4) is 0 Å². The maximum Gasteiger partial charge on any atom is 0.305 e. The molecule has 0 aromatic carbocycles. The second kappa shape index (κ2) is 13.2. The molecule has 0 rings (SSSR count). The Bertz CT molecular complexity index is 340. The van der Waals surface area contributed by atoms with Gasteiger partial charge in [0.25, 0.3) is 0 Å². The summed E-state index contributed by atoms with van der Waals surface area (Å²) in [6, 6.07) is 0. The summed E-state index contributed by atoms with van der Waals surface area (Å²) in [5.74, 6) is 0.512. The van der Waals surface area contributed by atoms with Gasteiger partial charge in [-0.3, -0.25) is 9.79 Å². The summed E-state index contributed by atoms with van der Waals surface area (Å²) < 4.78 is 4.90. The molecule has 6 heteroatoms. The summed E-state index contributed by atoms with van der Waals surface area (Å²) in [5.41, 5.74) is -0.725. The number of hydrogen-bond acceptors (Lipinski definition) is 4. The minimum Gasteiger partial charge on any atom is -0.466 e. The zero-order valence-corrected chi connectivity index (χ0v) is 15.3. The highest BCUT2D eigenvalue weighted by Crippen LogP contribution is 2.19. The number of nitrogens with zero attached hydrogens (tertiary/aromatic N) is 1. The van der Waals surface area contributed by atoms with Crippen LogP contribution in [0, 0.1) is 0 Å². The van der Waals surface area contributed by atoms with Crippen molar-refractivity contribution in [1.29, 1.82) is 0 Å². The van der Waals surface area contributed by atoms with Crippen molar-refractivity contribution in [2.75, 3.05) is 26.2 Å². The zero-order chi connectivity index (χ0) is 17.6. The van der Waals surface area contributed by atoms with E-state index in [9.17, 15) is 9.90 Å². The van der Waals surface area contributed by atoms with Gasteiger partial charge in [-0.25, -0.2) is 0 Å². The van der Waals surface area contributed by atoms with Crippen LogP contribution in [0.15, 0.2) is 4.99 Å². The van der Waals surface area contributed by atoms with Crippen molar-refractivity contribution in [2.24, 2.45) is 4.99 Å². The van der Waals surface area contributed by atoms with Crippen molar-refractivity contribution in [3.63, 3.8) is 0 Å². The molecule has 0 aliphatic carbocycles. The lowest BCUT2D eigenvalue weighted by Gasteiger charge is -2.26. The average molecular weight is 329 g/mol. The van der Waals surface area contributed by atoms with Crippen LogP contribution in [0.2, 0.25) is 0 Å². The first-order valence-electron chi connectivity index (χ1n) is 8.91. The Morgan fingerprint density at radius 1 is 1.13 bits per heavy atom. The Balaban J connectivity index is 4.38. The van der Waals surface area contributed by atoms with Crippen LogP contribution in [0.5, 0.6) is 0 Å². The van der Waals surface area contributed by atoms with E-state index >= 15 is 0 Å². The van der Waals surface area contributed by atoms with Crippen molar-refractivity contribution >= 4 is 11.9 Å². The van der Waals surface area contributed by atoms with Crippen LogP contribution in [0.1, 0.15) is 66.2 Å². The highest BCUT2D eigenvalue weighted by molar-refractivity contribution is 5.79. The Morgan fingerprint density at radius 3 is 2.30 bits per heavy atom. The van der Waals surface area contributed by atoms with Gasteiger partial charge >= 0.3 is 5.97 Å². The molecule has 6 nitrogen and oxygen atoms in total. The molecule has 0 atom stereocenters. The monoisotopic (exact) mass is 329 g/mol. The van der Waals surface area contributed by atoms with E-state index in [-0.39, 0.29) is 5.97 Å². The molecular formula is C17H35N3O3. The predicted molar refractivity (Wildman–Crippen MR) is 94.6 cm³/mol. The standard InChI is InChI=1S/C17H35N3O3/c1-5-11-17(22,12-6-2)14-20-16(18-7-3)19-13-9-10-15(21)23-8-4/h22H,5-14H2,1-4H3,(H2,18,19,20). The topological polar surface area (TPSA) is 83.0 Å². The summed E-state index contributed by atoms with van der Waals surface area (Å²) in [4.78, 5) is 15.8.